The van der Waals surface area contributed by atoms with Crippen LogP contribution < -0.4 is 4.74 Å². The van der Waals surface area contributed by atoms with Gasteiger partial charge in [0.25, 0.3) is 0 Å². The summed E-state index contributed by atoms with van der Waals surface area (Å²) in [5.41, 5.74) is 7.09. The molecule has 108 valence electrons. The van der Waals surface area contributed by atoms with Crippen molar-refractivity contribution in [1.82, 2.24) is 9.97 Å². The van der Waals surface area contributed by atoms with E-state index in [-0.39, 0.29) is 0 Å². The lowest BCUT2D eigenvalue weighted by Crippen LogP contribution is -2.00. The van der Waals surface area contributed by atoms with E-state index in [0.29, 0.717) is 12.5 Å². The second-order valence-corrected chi connectivity index (χ2v) is 5.63. The van der Waals surface area contributed by atoms with Gasteiger partial charge in [0.2, 0.25) is 5.88 Å². The maximum absolute atomic E-state index is 5.97. The Kier molecular flexibility index (Phi) is 3.42. The highest BCUT2D eigenvalue weighted by molar-refractivity contribution is 5.87. The van der Waals surface area contributed by atoms with E-state index in [0.717, 1.165) is 11.2 Å². The number of hydrogen-bond acceptors (Lipinski definition) is 2. The predicted octanol–water partition coefficient (Wildman–Crippen LogP) is 4.38. The molecule has 0 unspecified atom stereocenters. The van der Waals surface area contributed by atoms with Crippen LogP contribution in [-0.2, 0) is 6.61 Å². The minimum absolute atomic E-state index is 0.538. The van der Waals surface area contributed by atoms with E-state index < -0.39 is 0 Å². The fourth-order valence-corrected chi connectivity index (χ4v) is 2.57. The molecule has 0 aliphatic heterocycles. The molecule has 0 spiro atoms. The lowest BCUT2D eigenvalue weighted by atomic mass is 10.1. The second kappa shape index (κ2) is 5.24. The zero-order valence-electron chi connectivity index (χ0n) is 12.9. The summed E-state index contributed by atoms with van der Waals surface area (Å²) < 4.78 is 5.97. The maximum atomic E-state index is 5.97. The Morgan fingerprint density at radius 1 is 1.10 bits per heavy atom. The summed E-state index contributed by atoms with van der Waals surface area (Å²) in [4.78, 5) is 7.75. The number of nitrogens with zero attached hydrogens (tertiary/aromatic N) is 1. The van der Waals surface area contributed by atoms with E-state index >= 15 is 0 Å². The molecule has 0 radical (unpaired) electrons. The summed E-state index contributed by atoms with van der Waals surface area (Å²) in [6.45, 7) is 8.93. The van der Waals surface area contributed by atoms with Crippen LogP contribution in [0.3, 0.4) is 0 Å². The molecule has 0 aliphatic rings. The molecule has 3 heteroatoms. The predicted molar refractivity (Wildman–Crippen MR) is 85.8 cm³/mol. The first-order chi connectivity index (χ1) is 10.1. The van der Waals surface area contributed by atoms with Crippen LogP contribution in [0.15, 0.2) is 30.5 Å². The average molecular weight is 280 g/mol. The number of aromatic amines is 1. The highest BCUT2D eigenvalue weighted by atomic mass is 16.5. The Labute approximate surface area is 125 Å². The highest BCUT2D eigenvalue weighted by Crippen LogP contribution is 2.27. The normalized spacial score (nSPS) is 11.0. The third-order valence-electron chi connectivity index (χ3n) is 4.06. The molecule has 0 amide bonds. The smallest absolute Gasteiger partial charge is 0.238 e. The van der Waals surface area contributed by atoms with Crippen LogP contribution in [0.2, 0.25) is 0 Å². The van der Waals surface area contributed by atoms with Gasteiger partial charge in [0.05, 0.1) is 0 Å². The number of fused-ring (bicyclic) bond motifs is 1. The van der Waals surface area contributed by atoms with Crippen LogP contribution in [0.1, 0.15) is 27.9 Å². The monoisotopic (exact) mass is 280 g/mol. The molecule has 1 N–H and O–H groups in total. The van der Waals surface area contributed by atoms with Gasteiger partial charge < -0.3 is 9.72 Å². The number of pyridine rings is 1. The van der Waals surface area contributed by atoms with Gasteiger partial charge in [-0.25, -0.2) is 4.98 Å². The SMILES string of the molecule is Cc1ccc(C)c(COc2nccc3c(C)c(C)[nH]c23)c1. The van der Waals surface area contributed by atoms with Crippen molar-refractivity contribution in [3.05, 3.63) is 58.4 Å². The van der Waals surface area contributed by atoms with E-state index in [9.17, 15) is 0 Å². The summed E-state index contributed by atoms with van der Waals surface area (Å²) in [6.07, 6.45) is 1.81. The molecule has 3 nitrogen and oxygen atoms in total. The van der Waals surface area contributed by atoms with Crippen molar-refractivity contribution < 1.29 is 4.74 Å². The zero-order chi connectivity index (χ0) is 15.0. The number of hydrogen-bond donors (Lipinski definition) is 1. The molecular formula is C18H20N2O. The molecule has 2 heterocycles. The Hall–Kier alpha value is -2.29. The molecule has 0 saturated heterocycles. The standard InChI is InChI=1S/C18H20N2O/c1-11-5-6-12(2)15(9-11)10-21-18-17-16(7-8-19-18)13(3)14(4)20-17/h5-9,20H,10H2,1-4H3. The number of nitrogens with one attached hydrogen (secondary N) is 1. The second-order valence-electron chi connectivity index (χ2n) is 5.63. The minimum Gasteiger partial charge on any atom is -0.471 e. The van der Waals surface area contributed by atoms with Gasteiger partial charge in [0.15, 0.2) is 0 Å². The molecule has 0 aliphatic carbocycles. The van der Waals surface area contributed by atoms with Crippen LogP contribution in [-0.4, -0.2) is 9.97 Å². The molecule has 3 aromatic rings. The molecule has 0 atom stereocenters. The Bertz CT molecular complexity index is 802. The van der Waals surface area contributed by atoms with Crippen molar-refractivity contribution in [1.29, 1.82) is 0 Å². The van der Waals surface area contributed by atoms with E-state index in [1.165, 1.54) is 27.6 Å². The van der Waals surface area contributed by atoms with Crippen LogP contribution >= 0.6 is 0 Å². The summed E-state index contributed by atoms with van der Waals surface area (Å²) in [5, 5.41) is 1.18. The fourth-order valence-electron chi connectivity index (χ4n) is 2.57. The van der Waals surface area contributed by atoms with E-state index in [4.69, 9.17) is 4.74 Å². The molecule has 21 heavy (non-hydrogen) atoms. The summed E-state index contributed by atoms with van der Waals surface area (Å²) in [7, 11) is 0. The van der Waals surface area contributed by atoms with Gasteiger partial charge in [0.1, 0.15) is 12.1 Å². The van der Waals surface area contributed by atoms with Crippen molar-refractivity contribution in [3.63, 3.8) is 0 Å². The molecule has 0 saturated carbocycles. The van der Waals surface area contributed by atoms with Gasteiger partial charge in [-0.3, -0.25) is 0 Å². The van der Waals surface area contributed by atoms with Crippen molar-refractivity contribution in [2.75, 3.05) is 0 Å². The van der Waals surface area contributed by atoms with Crippen LogP contribution in [0.25, 0.3) is 10.9 Å². The number of aryl methyl sites for hydroxylation is 4. The van der Waals surface area contributed by atoms with Gasteiger partial charge in [-0.2, -0.15) is 0 Å². The van der Waals surface area contributed by atoms with Gasteiger partial charge in [-0.15, -0.1) is 0 Å². The first kappa shape index (κ1) is 13.7. The number of benzene rings is 1. The van der Waals surface area contributed by atoms with E-state index in [1.807, 2.05) is 6.07 Å². The Balaban J connectivity index is 1.92. The zero-order valence-corrected chi connectivity index (χ0v) is 12.9. The van der Waals surface area contributed by atoms with Crippen molar-refractivity contribution in [2.24, 2.45) is 0 Å². The van der Waals surface area contributed by atoms with Gasteiger partial charge in [-0.1, -0.05) is 23.8 Å². The lowest BCUT2D eigenvalue weighted by Gasteiger charge is -2.09. The fraction of sp³-hybridized carbons (Fsp3) is 0.278. The number of H-pyrrole nitrogens is 1. The van der Waals surface area contributed by atoms with Crippen LogP contribution in [0, 0.1) is 27.7 Å². The summed E-state index contributed by atoms with van der Waals surface area (Å²) >= 11 is 0. The van der Waals surface area contributed by atoms with E-state index in [2.05, 4.69) is 55.9 Å². The van der Waals surface area contributed by atoms with Crippen LogP contribution in [0.4, 0.5) is 0 Å². The van der Waals surface area contributed by atoms with Crippen molar-refractivity contribution >= 4 is 10.9 Å². The third-order valence-corrected chi connectivity index (χ3v) is 4.06. The molecule has 0 fully saturated rings. The van der Waals surface area contributed by atoms with Crippen LogP contribution in [0.5, 0.6) is 5.88 Å². The molecular weight excluding hydrogens is 260 g/mol. The minimum atomic E-state index is 0.538. The Morgan fingerprint density at radius 2 is 1.90 bits per heavy atom. The molecule has 2 aromatic heterocycles. The first-order valence-corrected chi connectivity index (χ1v) is 7.19. The van der Waals surface area contributed by atoms with Gasteiger partial charge >= 0.3 is 0 Å². The highest BCUT2D eigenvalue weighted by Gasteiger charge is 2.10. The lowest BCUT2D eigenvalue weighted by molar-refractivity contribution is 0.296. The summed E-state index contributed by atoms with van der Waals surface area (Å²) in [5.74, 6) is 0.671. The van der Waals surface area contributed by atoms with Crippen molar-refractivity contribution in [3.8, 4) is 5.88 Å². The topological polar surface area (TPSA) is 37.9 Å². The first-order valence-electron chi connectivity index (χ1n) is 7.19. The number of aromatic nitrogens is 2. The molecule has 3 rings (SSSR count). The van der Waals surface area contributed by atoms with Crippen molar-refractivity contribution in [2.45, 2.75) is 34.3 Å². The molecule has 0 bridgehead atoms. The summed E-state index contributed by atoms with van der Waals surface area (Å²) in [6, 6.07) is 8.44. The quantitative estimate of drug-likeness (QED) is 0.773. The van der Waals surface area contributed by atoms with Gasteiger partial charge in [-0.05, 0) is 50.5 Å². The third kappa shape index (κ3) is 2.51. The molecule has 1 aromatic carbocycles. The largest absolute Gasteiger partial charge is 0.471 e. The van der Waals surface area contributed by atoms with E-state index in [1.54, 1.807) is 6.20 Å². The Morgan fingerprint density at radius 3 is 2.71 bits per heavy atom. The number of rotatable bonds is 3. The number of ether oxygens (including phenoxy) is 1. The average Bonchev–Trinajstić information content (AvgIpc) is 2.76. The maximum Gasteiger partial charge on any atom is 0.238 e. The van der Waals surface area contributed by atoms with Gasteiger partial charge in [0, 0.05) is 17.3 Å².